The summed E-state index contributed by atoms with van der Waals surface area (Å²) in [7, 11) is 0. The van der Waals surface area contributed by atoms with E-state index in [1.165, 1.54) is 22.5 Å². The summed E-state index contributed by atoms with van der Waals surface area (Å²) in [6.45, 7) is 5.24. The lowest BCUT2D eigenvalue weighted by Crippen LogP contribution is -2.20. The lowest BCUT2D eigenvalue weighted by Gasteiger charge is -2.16. The van der Waals surface area contributed by atoms with E-state index in [9.17, 15) is 0 Å². The highest BCUT2D eigenvalue weighted by atomic mass is 15.3. The Hall–Kier alpha value is -1.61. The quantitative estimate of drug-likeness (QED) is 0.927. The van der Waals surface area contributed by atoms with Crippen LogP contribution in [-0.4, -0.2) is 9.78 Å². The standard InChI is InChI=1S/C17H23N3/c1-3-14-11-15(20(4-2)19-14)10-13-9-12-7-5-6-8-16(12)17(13)18/h5-8,11,13,17H,3-4,9-10,18H2,1-2H3. The van der Waals surface area contributed by atoms with Crippen LogP contribution in [0.4, 0.5) is 0 Å². The minimum Gasteiger partial charge on any atom is -0.324 e. The molecule has 20 heavy (non-hydrogen) atoms. The zero-order valence-electron chi connectivity index (χ0n) is 12.3. The van der Waals surface area contributed by atoms with Crippen molar-refractivity contribution in [2.45, 2.75) is 45.7 Å². The molecule has 2 unspecified atom stereocenters. The van der Waals surface area contributed by atoms with Crippen LogP contribution < -0.4 is 5.73 Å². The van der Waals surface area contributed by atoms with Crippen molar-refractivity contribution in [1.29, 1.82) is 0 Å². The molecule has 106 valence electrons. The van der Waals surface area contributed by atoms with E-state index in [1.54, 1.807) is 0 Å². The smallest absolute Gasteiger partial charge is 0.0624 e. The van der Waals surface area contributed by atoms with Gasteiger partial charge in [-0.05, 0) is 49.3 Å². The molecule has 1 heterocycles. The molecule has 2 atom stereocenters. The summed E-state index contributed by atoms with van der Waals surface area (Å²) in [6, 6.07) is 11.0. The summed E-state index contributed by atoms with van der Waals surface area (Å²) >= 11 is 0. The first-order valence-corrected chi connectivity index (χ1v) is 7.61. The minimum atomic E-state index is 0.163. The van der Waals surface area contributed by atoms with Crippen LogP contribution in [0.3, 0.4) is 0 Å². The first-order chi connectivity index (χ1) is 9.72. The van der Waals surface area contributed by atoms with Crippen LogP contribution in [-0.2, 0) is 25.8 Å². The second kappa shape index (κ2) is 5.41. The highest BCUT2D eigenvalue weighted by Crippen LogP contribution is 2.36. The number of aryl methyl sites for hydroxylation is 2. The van der Waals surface area contributed by atoms with Crippen molar-refractivity contribution in [2.24, 2.45) is 11.7 Å². The van der Waals surface area contributed by atoms with E-state index in [0.29, 0.717) is 5.92 Å². The van der Waals surface area contributed by atoms with E-state index in [1.807, 2.05) is 0 Å². The van der Waals surface area contributed by atoms with Gasteiger partial charge in [0.05, 0.1) is 5.69 Å². The predicted molar refractivity (Wildman–Crippen MR) is 81.5 cm³/mol. The molecule has 1 aromatic carbocycles. The van der Waals surface area contributed by atoms with Crippen LogP contribution >= 0.6 is 0 Å². The predicted octanol–water partition coefficient (Wildman–Crippen LogP) is 2.88. The molecule has 0 saturated carbocycles. The van der Waals surface area contributed by atoms with Gasteiger partial charge >= 0.3 is 0 Å². The summed E-state index contributed by atoms with van der Waals surface area (Å²) in [5.41, 5.74) is 11.7. The monoisotopic (exact) mass is 269 g/mol. The van der Waals surface area contributed by atoms with Crippen LogP contribution in [0.1, 0.15) is 42.4 Å². The maximum absolute atomic E-state index is 6.44. The number of nitrogens with two attached hydrogens (primary N) is 1. The second-order valence-corrected chi connectivity index (χ2v) is 5.69. The van der Waals surface area contributed by atoms with Crippen molar-refractivity contribution in [2.75, 3.05) is 0 Å². The molecule has 0 saturated heterocycles. The molecule has 1 aromatic heterocycles. The third-order valence-corrected chi connectivity index (χ3v) is 4.45. The molecular formula is C17H23N3. The van der Waals surface area contributed by atoms with Crippen molar-refractivity contribution in [3.8, 4) is 0 Å². The molecule has 0 fully saturated rings. The topological polar surface area (TPSA) is 43.8 Å². The second-order valence-electron chi connectivity index (χ2n) is 5.69. The van der Waals surface area contributed by atoms with E-state index < -0.39 is 0 Å². The number of aromatic nitrogens is 2. The first kappa shape index (κ1) is 13.4. The average molecular weight is 269 g/mol. The third-order valence-electron chi connectivity index (χ3n) is 4.45. The zero-order chi connectivity index (χ0) is 14.1. The fourth-order valence-corrected chi connectivity index (χ4v) is 3.30. The molecule has 2 N–H and O–H groups in total. The molecule has 1 aliphatic rings. The normalized spacial score (nSPS) is 21.1. The first-order valence-electron chi connectivity index (χ1n) is 7.61. The zero-order valence-corrected chi connectivity index (χ0v) is 12.3. The van der Waals surface area contributed by atoms with Gasteiger partial charge in [-0.1, -0.05) is 31.2 Å². The van der Waals surface area contributed by atoms with Gasteiger partial charge in [0.1, 0.15) is 0 Å². The van der Waals surface area contributed by atoms with Gasteiger partial charge in [0.2, 0.25) is 0 Å². The molecule has 3 nitrogen and oxygen atoms in total. The molecule has 0 bridgehead atoms. The van der Waals surface area contributed by atoms with Crippen molar-refractivity contribution >= 4 is 0 Å². The van der Waals surface area contributed by atoms with Crippen LogP contribution in [0.2, 0.25) is 0 Å². The number of fused-ring (bicyclic) bond motifs is 1. The summed E-state index contributed by atoms with van der Waals surface area (Å²) in [5, 5.41) is 4.64. The van der Waals surface area contributed by atoms with Gasteiger partial charge in [-0.3, -0.25) is 4.68 Å². The van der Waals surface area contributed by atoms with Gasteiger partial charge in [-0.25, -0.2) is 0 Å². The molecule has 0 amide bonds. The Morgan fingerprint density at radius 2 is 2.10 bits per heavy atom. The highest BCUT2D eigenvalue weighted by molar-refractivity contribution is 5.36. The van der Waals surface area contributed by atoms with Gasteiger partial charge < -0.3 is 5.73 Å². The van der Waals surface area contributed by atoms with Crippen LogP contribution in [0, 0.1) is 5.92 Å². The minimum absolute atomic E-state index is 0.163. The molecule has 0 radical (unpaired) electrons. The lowest BCUT2D eigenvalue weighted by molar-refractivity contribution is 0.445. The molecule has 3 heteroatoms. The Labute approximate surface area is 120 Å². The maximum atomic E-state index is 6.44. The number of hydrogen-bond donors (Lipinski definition) is 1. The molecule has 3 rings (SSSR count). The summed E-state index contributed by atoms with van der Waals surface area (Å²) < 4.78 is 2.13. The van der Waals surface area contributed by atoms with Gasteiger partial charge in [0.15, 0.2) is 0 Å². The van der Waals surface area contributed by atoms with Crippen LogP contribution in [0.25, 0.3) is 0 Å². The van der Waals surface area contributed by atoms with E-state index >= 15 is 0 Å². The number of nitrogens with zero attached hydrogens (tertiary/aromatic N) is 2. The molecule has 0 spiro atoms. The van der Waals surface area contributed by atoms with Crippen LogP contribution in [0.15, 0.2) is 30.3 Å². The average Bonchev–Trinajstić information content (AvgIpc) is 3.01. The summed E-state index contributed by atoms with van der Waals surface area (Å²) in [4.78, 5) is 0. The van der Waals surface area contributed by atoms with Crippen molar-refractivity contribution < 1.29 is 0 Å². The fourth-order valence-electron chi connectivity index (χ4n) is 3.30. The molecule has 2 aromatic rings. The van der Waals surface area contributed by atoms with Gasteiger partial charge in [-0.2, -0.15) is 5.10 Å². The third kappa shape index (κ3) is 2.27. The van der Waals surface area contributed by atoms with Crippen LogP contribution in [0.5, 0.6) is 0 Å². The number of benzene rings is 1. The Balaban J connectivity index is 1.81. The lowest BCUT2D eigenvalue weighted by atomic mass is 9.96. The highest BCUT2D eigenvalue weighted by Gasteiger charge is 2.30. The SMILES string of the molecule is CCc1cc(CC2Cc3ccccc3C2N)n(CC)n1. The van der Waals surface area contributed by atoms with Gasteiger partial charge in [0.25, 0.3) is 0 Å². The Morgan fingerprint density at radius 1 is 1.30 bits per heavy atom. The van der Waals surface area contributed by atoms with E-state index in [0.717, 1.165) is 25.8 Å². The Kier molecular flexibility index (Phi) is 3.62. The van der Waals surface area contributed by atoms with Gasteiger partial charge in [-0.15, -0.1) is 0 Å². The van der Waals surface area contributed by atoms with Crippen molar-refractivity contribution in [3.63, 3.8) is 0 Å². The largest absolute Gasteiger partial charge is 0.324 e. The van der Waals surface area contributed by atoms with Gasteiger partial charge in [0, 0.05) is 18.3 Å². The Bertz CT molecular complexity index is 600. The summed E-state index contributed by atoms with van der Waals surface area (Å²) in [5.74, 6) is 0.499. The number of rotatable bonds is 4. The molecule has 0 aliphatic heterocycles. The van der Waals surface area contributed by atoms with Crippen molar-refractivity contribution in [1.82, 2.24) is 9.78 Å². The van der Waals surface area contributed by atoms with E-state index in [4.69, 9.17) is 5.73 Å². The summed E-state index contributed by atoms with van der Waals surface area (Å²) in [6.07, 6.45) is 3.11. The Morgan fingerprint density at radius 3 is 2.80 bits per heavy atom. The van der Waals surface area contributed by atoms with Crippen molar-refractivity contribution in [3.05, 3.63) is 52.8 Å². The maximum Gasteiger partial charge on any atom is 0.0624 e. The molecule has 1 aliphatic carbocycles. The fraction of sp³-hybridized carbons (Fsp3) is 0.471. The molecular weight excluding hydrogens is 246 g/mol. The number of hydrogen-bond acceptors (Lipinski definition) is 2. The van der Waals surface area contributed by atoms with E-state index in [-0.39, 0.29) is 6.04 Å². The van der Waals surface area contributed by atoms with E-state index in [2.05, 4.69) is 54.0 Å².